The van der Waals surface area contributed by atoms with Gasteiger partial charge in [-0.25, -0.2) is 9.59 Å². The molecule has 6 nitrogen and oxygen atoms in total. The zero-order valence-corrected chi connectivity index (χ0v) is 10.7. The molecule has 0 spiro atoms. The predicted molar refractivity (Wildman–Crippen MR) is 73.8 cm³/mol. The van der Waals surface area contributed by atoms with Gasteiger partial charge < -0.3 is 15.7 Å². The number of carboxylic acids is 2. The average molecular weight is 288 g/mol. The van der Waals surface area contributed by atoms with Gasteiger partial charge in [0.1, 0.15) is 0 Å². The van der Waals surface area contributed by atoms with Crippen molar-refractivity contribution in [1.29, 1.82) is 0 Å². The van der Waals surface area contributed by atoms with Crippen molar-refractivity contribution in [3.8, 4) is 0 Å². The Labute approximate surface area is 119 Å². The third-order valence-electron chi connectivity index (χ3n) is 2.80. The lowest BCUT2D eigenvalue weighted by Gasteiger charge is -2.05. The van der Waals surface area contributed by atoms with Gasteiger partial charge in [0.25, 0.3) is 0 Å². The number of carbonyl (C=O) groups excluding carboxylic acids is 1. The predicted octanol–water partition coefficient (Wildman–Crippen LogP) is 1.49. The molecule has 0 heterocycles. The van der Waals surface area contributed by atoms with Crippen LogP contribution in [0.25, 0.3) is 0 Å². The summed E-state index contributed by atoms with van der Waals surface area (Å²) in [7, 11) is 0. The molecule has 0 aromatic heterocycles. The Kier molecular flexibility index (Phi) is 4.93. The average Bonchev–Trinajstić information content (AvgIpc) is 2.46. The highest BCUT2D eigenvalue weighted by molar-refractivity contribution is 6.14. The Balaban J connectivity index is 0.00000220. The molecule has 0 fully saturated rings. The van der Waals surface area contributed by atoms with Crippen LogP contribution in [0.5, 0.6) is 0 Å². The fourth-order valence-electron chi connectivity index (χ4n) is 1.79. The van der Waals surface area contributed by atoms with Crippen molar-refractivity contribution >= 4 is 17.7 Å². The monoisotopic (exact) mass is 288 g/mol. The van der Waals surface area contributed by atoms with Crippen LogP contribution < -0.4 is 0 Å². The van der Waals surface area contributed by atoms with Gasteiger partial charge in [0.05, 0.1) is 11.1 Å². The van der Waals surface area contributed by atoms with E-state index in [2.05, 4.69) is 0 Å². The number of benzene rings is 2. The lowest BCUT2D eigenvalue weighted by Crippen LogP contribution is -2.09. The standard InChI is InChI=1S/C15H10O5.H2O/c16-13(9-5-7-10(8-6-9)14(17)18)11-3-1-2-4-12(11)15(19)20;/h1-8H,(H,17,18)(H,19,20);1H2. The van der Waals surface area contributed by atoms with Gasteiger partial charge in [0.2, 0.25) is 0 Å². The summed E-state index contributed by atoms with van der Waals surface area (Å²) >= 11 is 0. The topological polar surface area (TPSA) is 123 Å². The van der Waals surface area contributed by atoms with E-state index in [4.69, 9.17) is 10.2 Å². The van der Waals surface area contributed by atoms with Crippen LogP contribution in [0.1, 0.15) is 36.6 Å². The first kappa shape index (κ1) is 16.1. The van der Waals surface area contributed by atoms with E-state index < -0.39 is 17.7 Å². The lowest BCUT2D eigenvalue weighted by atomic mass is 9.98. The minimum Gasteiger partial charge on any atom is -0.478 e. The molecule has 6 heteroatoms. The molecule has 0 aliphatic heterocycles. The van der Waals surface area contributed by atoms with Gasteiger partial charge in [0.15, 0.2) is 5.78 Å². The molecule has 2 rings (SSSR count). The van der Waals surface area contributed by atoms with E-state index in [1.165, 1.54) is 42.5 Å². The van der Waals surface area contributed by atoms with Crippen LogP contribution >= 0.6 is 0 Å². The molecule has 21 heavy (non-hydrogen) atoms. The minimum absolute atomic E-state index is 0. The van der Waals surface area contributed by atoms with Crippen LogP contribution in [-0.4, -0.2) is 33.4 Å². The van der Waals surface area contributed by atoms with Gasteiger partial charge >= 0.3 is 11.9 Å². The Morgan fingerprint density at radius 3 is 1.62 bits per heavy atom. The number of aromatic carboxylic acids is 2. The molecule has 0 aliphatic rings. The number of rotatable bonds is 4. The second kappa shape index (κ2) is 6.44. The highest BCUT2D eigenvalue weighted by atomic mass is 16.4. The van der Waals surface area contributed by atoms with Crippen molar-refractivity contribution in [1.82, 2.24) is 0 Å². The fourth-order valence-corrected chi connectivity index (χ4v) is 1.79. The van der Waals surface area contributed by atoms with Crippen molar-refractivity contribution in [3.63, 3.8) is 0 Å². The summed E-state index contributed by atoms with van der Waals surface area (Å²) in [6, 6.07) is 11.2. The van der Waals surface area contributed by atoms with E-state index in [0.29, 0.717) is 0 Å². The molecule has 2 aromatic carbocycles. The van der Waals surface area contributed by atoms with E-state index in [9.17, 15) is 14.4 Å². The van der Waals surface area contributed by atoms with Crippen LogP contribution in [0.15, 0.2) is 48.5 Å². The van der Waals surface area contributed by atoms with Crippen molar-refractivity contribution in [3.05, 3.63) is 70.8 Å². The van der Waals surface area contributed by atoms with Crippen LogP contribution in [-0.2, 0) is 0 Å². The number of hydrogen-bond donors (Lipinski definition) is 2. The van der Waals surface area contributed by atoms with Crippen LogP contribution in [0, 0.1) is 0 Å². The van der Waals surface area contributed by atoms with Gasteiger partial charge in [0, 0.05) is 11.1 Å². The third-order valence-corrected chi connectivity index (χ3v) is 2.80. The van der Waals surface area contributed by atoms with E-state index >= 15 is 0 Å². The maximum absolute atomic E-state index is 12.2. The first-order valence-corrected chi connectivity index (χ1v) is 5.71. The molecule has 0 aliphatic carbocycles. The molecule has 108 valence electrons. The third kappa shape index (κ3) is 3.31. The maximum Gasteiger partial charge on any atom is 0.336 e. The van der Waals surface area contributed by atoms with Crippen LogP contribution in [0.3, 0.4) is 0 Å². The molecule has 0 saturated heterocycles. The fraction of sp³-hybridized carbons (Fsp3) is 0. The molecular formula is C15H12O6. The Morgan fingerprint density at radius 2 is 1.14 bits per heavy atom. The molecular weight excluding hydrogens is 276 g/mol. The second-order valence-corrected chi connectivity index (χ2v) is 4.06. The smallest absolute Gasteiger partial charge is 0.336 e. The summed E-state index contributed by atoms with van der Waals surface area (Å²) in [4.78, 5) is 34.0. The van der Waals surface area contributed by atoms with Crippen molar-refractivity contribution in [2.75, 3.05) is 0 Å². The molecule has 0 amide bonds. The zero-order chi connectivity index (χ0) is 14.7. The number of hydrogen-bond acceptors (Lipinski definition) is 3. The molecule has 0 bridgehead atoms. The Bertz CT molecular complexity index is 688. The van der Waals surface area contributed by atoms with Gasteiger partial charge in [-0.05, 0) is 18.2 Å². The first-order valence-electron chi connectivity index (χ1n) is 5.71. The summed E-state index contributed by atoms with van der Waals surface area (Å²) in [5, 5.41) is 17.8. The lowest BCUT2D eigenvalue weighted by molar-refractivity contribution is 0.0685. The SMILES string of the molecule is O.O=C(O)c1ccc(C(=O)c2ccccc2C(=O)O)cc1. The van der Waals surface area contributed by atoms with Crippen molar-refractivity contribution < 1.29 is 30.1 Å². The van der Waals surface area contributed by atoms with E-state index in [-0.39, 0.29) is 27.7 Å². The molecule has 2 aromatic rings. The zero-order valence-electron chi connectivity index (χ0n) is 10.7. The van der Waals surface area contributed by atoms with Crippen LogP contribution in [0.2, 0.25) is 0 Å². The van der Waals surface area contributed by atoms with Crippen molar-refractivity contribution in [2.45, 2.75) is 0 Å². The summed E-state index contributed by atoms with van der Waals surface area (Å²) in [5.74, 6) is -2.73. The second-order valence-electron chi connectivity index (χ2n) is 4.06. The van der Waals surface area contributed by atoms with Gasteiger partial charge in [-0.15, -0.1) is 0 Å². The van der Waals surface area contributed by atoms with Gasteiger partial charge in [-0.1, -0.05) is 30.3 Å². The molecule has 0 saturated carbocycles. The quantitative estimate of drug-likeness (QED) is 0.825. The number of ketones is 1. The molecule has 0 unspecified atom stereocenters. The molecule has 4 N–H and O–H groups in total. The minimum atomic E-state index is -1.18. The summed E-state index contributed by atoms with van der Waals surface area (Å²) in [5.41, 5.74) is 0.291. The summed E-state index contributed by atoms with van der Waals surface area (Å²) in [6.45, 7) is 0. The maximum atomic E-state index is 12.2. The number of carbonyl (C=O) groups is 3. The van der Waals surface area contributed by atoms with Crippen molar-refractivity contribution in [2.24, 2.45) is 0 Å². The first-order chi connectivity index (χ1) is 9.50. The summed E-state index contributed by atoms with van der Waals surface area (Å²) < 4.78 is 0. The highest BCUT2D eigenvalue weighted by Crippen LogP contribution is 2.15. The highest BCUT2D eigenvalue weighted by Gasteiger charge is 2.17. The van der Waals surface area contributed by atoms with E-state index in [1.807, 2.05) is 0 Å². The van der Waals surface area contributed by atoms with E-state index in [1.54, 1.807) is 6.07 Å². The normalized spacial score (nSPS) is 9.52. The summed E-state index contributed by atoms with van der Waals surface area (Å²) in [6.07, 6.45) is 0. The van der Waals surface area contributed by atoms with Gasteiger partial charge in [-0.2, -0.15) is 0 Å². The molecule has 0 atom stereocenters. The van der Waals surface area contributed by atoms with E-state index in [0.717, 1.165) is 0 Å². The molecule has 0 radical (unpaired) electrons. The Morgan fingerprint density at radius 1 is 0.667 bits per heavy atom. The van der Waals surface area contributed by atoms with Gasteiger partial charge in [-0.3, -0.25) is 4.79 Å². The Hall–Kier alpha value is -2.99. The number of carboxylic acid groups (broad SMARTS) is 2. The largest absolute Gasteiger partial charge is 0.478 e. The van der Waals surface area contributed by atoms with Crippen LogP contribution in [0.4, 0.5) is 0 Å².